The van der Waals surface area contributed by atoms with Gasteiger partial charge in [-0.3, -0.25) is 0 Å². The van der Waals surface area contributed by atoms with Gasteiger partial charge in [0.05, 0.1) is 32.0 Å². The SMILES string of the molecule is C[C@H]1CC[C@@]2(OC1)OC1CC3C4CC[C@@H]5CC(OC(O)/C(OC(CO)OC(CO)C(O)CO)=C(/O)C(O)CCO)CC[C@]5(C)C4CC[C@]3(C)C1[C@@H]2C. The van der Waals surface area contributed by atoms with E-state index >= 15 is 0 Å². The Morgan fingerprint density at radius 3 is 2.25 bits per heavy atom. The number of rotatable bonds is 14. The first-order valence-corrected chi connectivity index (χ1v) is 19.9. The summed E-state index contributed by atoms with van der Waals surface area (Å²) in [7, 11) is 0. The van der Waals surface area contributed by atoms with Gasteiger partial charge in [0.15, 0.2) is 17.3 Å². The summed E-state index contributed by atoms with van der Waals surface area (Å²) in [4.78, 5) is 0. The molecule has 0 aromatic carbocycles. The zero-order valence-corrected chi connectivity index (χ0v) is 31.5. The number of hydrogen-bond donors (Lipinski definition) is 8. The second-order valence-corrected chi connectivity index (χ2v) is 17.7. The molecule has 17 atom stereocenters. The molecule has 2 heterocycles. The first-order valence-electron chi connectivity index (χ1n) is 19.9. The van der Waals surface area contributed by atoms with Crippen LogP contribution in [0.5, 0.6) is 0 Å². The summed E-state index contributed by atoms with van der Waals surface area (Å²) in [6.45, 7) is 7.71. The Morgan fingerprint density at radius 1 is 0.846 bits per heavy atom. The standard InChI is InChI=1S/C39H66O13/c1-21-7-13-39(48-20-21)22(2)33-30(52-39)16-27-25-6-5-23-15-24(8-11-37(23,3)26(25)9-12-38(27,33)4)49-36(47)35(34(46)28(44)10-14-40)51-32(19-43)50-31(18-42)29(45)17-41/h21-33,36,40-47H,5-20H2,1-4H3/b35-34-/t21-,22-,23+,24?,25?,26?,27?,28?,29?,30?,31?,32?,33?,36?,37-,38-,39+/m0/s1. The van der Waals surface area contributed by atoms with Gasteiger partial charge in [-0.1, -0.05) is 27.7 Å². The lowest BCUT2D eigenvalue weighted by molar-refractivity contribution is -0.273. The van der Waals surface area contributed by atoms with Gasteiger partial charge in [-0.15, -0.1) is 0 Å². The van der Waals surface area contributed by atoms with Crippen LogP contribution in [0.3, 0.4) is 0 Å². The molecule has 6 aliphatic rings. The first-order chi connectivity index (χ1) is 24.7. The minimum atomic E-state index is -1.85. The van der Waals surface area contributed by atoms with Gasteiger partial charge >= 0.3 is 0 Å². The van der Waals surface area contributed by atoms with E-state index in [0.717, 1.165) is 45.1 Å². The molecule has 0 amide bonds. The zero-order valence-electron chi connectivity index (χ0n) is 31.5. The molecule has 2 saturated heterocycles. The van der Waals surface area contributed by atoms with Crippen molar-refractivity contribution in [3.8, 4) is 0 Å². The van der Waals surface area contributed by atoms with E-state index in [-0.39, 0.29) is 29.5 Å². The maximum absolute atomic E-state index is 11.3. The Bertz CT molecular complexity index is 1220. The van der Waals surface area contributed by atoms with Crippen LogP contribution >= 0.6 is 0 Å². The molecule has 52 heavy (non-hydrogen) atoms. The van der Waals surface area contributed by atoms with Gasteiger partial charge in [0.2, 0.25) is 12.6 Å². The summed E-state index contributed by atoms with van der Waals surface area (Å²) in [5.41, 5.74) is 0.365. The third-order valence-corrected chi connectivity index (χ3v) is 14.9. The van der Waals surface area contributed by atoms with Crippen molar-refractivity contribution >= 4 is 0 Å². The highest BCUT2D eigenvalue weighted by Crippen LogP contribution is 2.71. The van der Waals surface area contributed by atoms with E-state index in [1.165, 1.54) is 12.8 Å². The predicted octanol–water partition coefficient (Wildman–Crippen LogP) is 2.72. The molecule has 13 nitrogen and oxygen atoms in total. The van der Waals surface area contributed by atoms with Crippen LogP contribution in [0.1, 0.15) is 98.3 Å². The number of ether oxygens (including phenoxy) is 5. The molecule has 0 radical (unpaired) electrons. The van der Waals surface area contributed by atoms with E-state index in [1.54, 1.807) is 0 Å². The molecule has 4 saturated carbocycles. The van der Waals surface area contributed by atoms with E-state index in [0.29, 0.717) is 54.3 Å². The maximum atomic E-state index is 11.3. The van der Waals surface area contributed by atoms with E-state index in [4.69, 9.17) is 23.7 Å². The van der Waals surface area contributed by atoms with Crippen LogP contribution in [0.25, 0.3) is 0 Å². The maximum Gasteiger partial charge on any atom is 0.223 e. The summed E-state index contributed by atoms with van der Waals surface area (Å²) < 4.78 is 30.6. The third kappa shape index (κ3) is 7.31. The predicted molar refractivity (Wildman–Crippen MR) is 187 cm³/mol. The Morgan fingerprint density at radius 2 is 1.60 bits per heavy atom. The molecular formula is C39H66O13. The monoisotopic (exact) mass is 742 g/mol. The second-order valence-electron chi connectivity index (χ2n) is 17.7. The molecule has 0 aromatic rings. The van der Waals surface area contributed by atoms with Crippen molar-refractivity contribution in [2.75, 3.05) is 33.0 Å². The Hall–Kier alpha value is -1.10. The molecular weight excluding hydrogens is 676 g/mol. The van der Waals surface area contributed by atoms with Crippen molar-refractivity contribution in [3.63, 3.8) is 0 Å². The Balaban J connectivity index is 1.11. The minimum Gasteiger partial charge on any atom is -0.506 e. The smallest absolute Gasteiger partial charge is 0.223 e. The average Bonchev–Trinajstić information content (AvgIpc) is 3.58. The highest BCUT2D eigenvalue weighted by molar-refractivity contribution is 5.16. The lowest BCUT2D eigenvalue weighted by Gasteiger charge is -2.61. The van der Waals surface area contributed by atoms with Crippen molar-refractivity contribution in [1.82, 2.24) is 0 Å². The van der Waals surface area contributed by atoms with Crippen LogP contribution in [0.15, 0.2) is 11.5 Å². The molecule has 4 aliphatic carbocycles. The topological polar surface area (TPSA) is 208 Å². The number of fused-ring (bicyclic) bond motifs is 7. The van der Waals surface area contributed by atoms with Gasteiger partial charge in [0.25, 0.3) is 0 Å². The highest BCUT2D eigenvalue weighted by Gasteiger charge is 2.69. The minimum absolute atomic E-state index is 0.125. The number of aliphatic hydroxyl groups excluding tert-OH is 8. The molecule has 0 aromatic heterocycles. The lowest BCUT2D eigenvalue weighted by Crippen LogP contribution is -2.55. The van der Waals surface area contributed by atoms with Gasteiger partial charge in [-0.05, 0) is 104 Å². The fraction of sp³-hybridized carbons (Fsp3) is 0.949. The van der Waals surface area contributed by atoms with Crippen molar-refractivity contribution in [2.45, 2.75) is 147 Å². The van der Waals surface area contributed by atoms with Gasteiger partial charge < -0.3 is 64.5 Å². The molecule has 0 bridgehead atoms. The molecule has 300 valence electrons. The molecule has 1 spiro atoms. The Labute approximate surface area is 308 Å². The number of aliphatic hydroxyl groups is 8. The van der Waals surface area contributed by atoms with E-state index in [9.17, 15) is 40.9 Å². The molecule has 2 aliphatic heterocycles. The fourth-order valence-electron chi connectivity index (χ4n) is 12.1. The van der Waals surface area contributed by atoms with Crippen LogP contribution in [-0.2, 0) is 23.7 Å². The first kappa shape index (κ1) is 40.6. The van der Waals surface area contributed by atoms with Crippen LogP contribution in [-0.4, -0.2) is 123 Å². The third-order valence-electron chi connectivity index (χ3n) is 14.9. The fourth-order valence-corrected chi connectivity index (χ4v) is 12.1. The van der Waals surface area contributed by atoms with Crippen LogP contribution < -0.4 is 0 Å². The highest BCUT2D eigenvalue weighted by atomic mass is 16.7. The summed E-state index contributed by atoms with van der Waals surface area (Å²) >= 11 is 0. The largest absolute Gasteiger partial charge is 0.506 e. The summed E-state index contributed by atoms with van der Waals surface area (Å²) in [5, 5.41) is 80.7. The molecule has 6 rings (SSSR count). The van der Waals surface area contributed by atoms with Gasteiger partial charge in [0, 0.05) is 25.4 Å². The lowest BCUT2D eigenvalue weighted by atomic mass is 9.44. The normalized spacial score (nSPS) is 44.8. The van der Waals surface area contributed by atoms with Gasteiger partial charge in [-0.2, -0.15) is 0 Å². The van der Waals surface area contributed by atoms with E-state index in [1.807, 2.05) is 0 Å². The molecule has 11 unspecified atom stereocenters. The summed E-state index contributed by atoms with van der Waals surface area (Å²) in [6.07, 6.45) is 1.92. The van der Waals surface area contributed by atoms with Crippen LogP contribution in [0.2, 0.25) is 0 Å². The van der Waals surface area contributed by atoms with Crippen molar-refractivity contribution in [3.05, 3.63) is 11.5 Å². The number of hydrogen-bond acceptors (Lipinski definition) is 13. The van der Waals surface area contributed by atoms with Crippen molar-refractivity contribution in [1.29, 1.82) is 0 Å². The molecule has 13 heteroatoms. The summed E-state index contributed by atoms with van der Waals surface area (Å²) in [6, 6.07) is 0. The average molecular weight is 743 g/mol. The van der Waals surface area contributed by atoms with Gasteiger partial charge in [0.1, 0.15) is 24.9 Å². The van der Waals surface area contributed by atoms with Gasteiger partial charge in [-0.25, -0.2) is 0 Å². The second kappa shape index (κ2) is 16.2. The Kier molecular flexibility index (Phi) is 12.6. The van der Waals surface area contributed by atoms with Crippen molar-refractivity contribution in [2.24, 2.45) is 52.3 Å². The quantitative estimate of drug-likeness (QED) is 0.0953. The van der Waals surface area contributed by atoms with Crippen LogP contribution in [0.4, 0.5) is 0 Å². The summed E-state index contributed by atoms with van der Waals surface area (Å²) in [5.74, 6) is 1.92. The zero-order chi connectivity index (χ0) is 37.6. The molecule has 8 N–H and O–H groups in total. The van der Waals surface area contributed by atoms with Crippen LogP contribution in [0, 0.1) is 52.3 Å². The van der Waals surface area contributed by atoms with E-state index in [2.05, 4.69) is 27.7 Å². The van der Waals surface area contributed by atoms with E-state index < -0.39 is 74.6 Å². The van der Waals surface area contributed by atoms with Crippen molar-refractivity contribution < 1.29 is 64.5 Å². The molecule has 6 fully saturated rings.